The number of aryl methyl sites for hydroxylation is 1. The van der Waals surface area contributed by atoms with E-state index in [2.05, 4.69) is 133 Å². The van der Waals surface area contributed by atoms with Gasteiger partial charge in [-0.1, -0.05) is 79.9 Å². The number of benzene rings is 4. The zero-order valence-electron chi connectivity index (χ0n) is 22.2. The predicted molar refractivity (Wildman–Crippen MR) is 169 cm³/mol. The molecule has 3 aliphatic rings. The van der Waals surface area contributed by atoms with E-state index in [0.717, 1.165) is 53.7 Å². The summed E-state index contributed by atoms with van der Waals surface area (Å²) in [6.45, 7) is 8.94. The molecule has 0 aliphatic heterocycles. The van der Waals surface area contributed by atoms with Gasteiger partial charge < -0.3 is 4.90 Å². The Balaban J connectivity index is 1.23. The van der Waals surface area contributed by atoms with E-state index in [1.807, 2.05) is 0 Å². The number of fused-ring (bicyclic) bond motifs is 3. The van der Waals surface area contributed by atoms with Gasteiger partial charge in [0.1, 0.15) is 0 Å². The molecule has 0 fully saturated rings. The van der Waals surface area contributed by atoms with Crippen LogP contribution in [-0.2, 0) is 6.42 Å². The molecule has 1 nitrogen and oxygen atoms in total. The van der Waals surface area contributed by atoms with Gasteiger partial charge in [0, 0.05) is 17.1 Å². The van der Waals surface area contributed by atoms with Crippen LogP contribution in [0, 0.1) is 0 Å². The van der Waals surface area contributed by atoms with Crippen molar-refractivity contribution in [2.24, 2.45) is 0 Å². The molecule has 0 atom stereocenters. The fraction of sp³-hybridized carbons (Fsp3) is 0.105. The first-order valence-electron chi connectivity index (χ1n) is 13.9. The highest BCUT2D eigenvalue weighted by molar-refractivity contribution is 6.10. The summed E-state index contributed by atoms with van der Waals surface area (Å²) in [6.07, 6.45) is 18.0. The van der Waals surface area contributed by atoms with Crippen molar-refractivity contribution >= 4 is 45.4 Å². The van der Waals surface area contributed by atoms with E-state index < -0.39 is 0 Å². The fourth-order valence-electron chi connectivity index (χ4n) is 6.04. The Bertz CT molecular complexity index is 1770. The van der Waals surface area contributed by atoms with Crippen LogP contribution in [0.5, 0.6) is 0 Å². The van der Waals surface area contributed by atoms with Crippen molar-refractivity contribution in [2.45, 2.75) is 25.7 Å². The molecule has 0 spiro atoms. The minimum atomic E-state index is 1.06. The lowest BCUT2D eigenvalue weighted by atomic mass is 9.92. The summed E-state index contributed by atoms with van der Waals surface area (Å²) in [4.78, 5) is 2.36. The molecule has 39 heavy (non-hydrogen) atoms. The highest BCUT2D eigenvalue weighted by atomic mass is 15.1. The summed E-state index contributed by atoms with van der Waals surface area (Å²) in [7, 11) is 0. The summed E-state index contributed by atoms with van der Waals surface area (Å²) in [5, 5.41) is 2.50. The molecule has 0 N–H and O–H groups in total. The van der Waals surface area contributed by atoms with Gasteiger partial charge in [-0.05, 0) is 130 Å². The highest BCUT2D eigenvalue weighted by Gasteiger charge is 2.25. The summed E-state index contributed by atoms with van der Waals surface area (Å²) in [6, 6.07) is 28.8. The highest BCUT2D eigenvalue weighted by Crippen LogP contribution is 2.46. The van der Waals surface area contributed by atoms with Crippen LogP contribution >= 0.6 is 0 Å². The van der Waals surface area contributed by atoms with Gasteiger partial charge in [-0.3, -0.25) is 0 Å². The second-order valence-corrected chi connectivity index (χ2v) is 10.6. The maximum Gasteiger partial charge on any atom is 0.0467 e. The summed E-state index contributed by atoms with van der Waals surface area (Å²) >= 11 is 0. The van der Waals surface area contributed by atoms with Crippen molar-refractivity contribution < 1.29 is 0 Å². The van der Waals surface area contributed by atoms with E-state index in [4.69, 9.17) is 0 Å². The molecule has 4 aromatic carbocycles. The van der Waals surface area contributed by atoms with Crippen molar-refractivity contribution in [3.8, 4) is 0 Å². The van der Waals surface area contributed by atoms with E-state index in [1.165, 1.54) is 44.4 Å². The molecule has 0 amide bonds. The van der Waals surface area contributed by atoms with Gasteiger partial charge in [0.2, 0.25) is 0 Å². The summed E-state index contributed by atoms with van der Waals surface area (Å²) in [5.74, 6) is 0. The fourth-order valence-corrected chi connectivity index (χ4v) is 6.04. The van der Waals surface area contributed by atoms with Crippen LogP contribution in [-0.4, -0.2) is 0 Å². The first kappa shape index (κ1) is 23.5. The van der Waals surface area contributed by atoms with Crippen LogP contribution in [0.2, 0.25) is 0 Å². The molecule has 1 heteroatoms. The predicted octanol–water partition coefficient (Wildman–Crippen LogP) is 10.3. The number of hydrogen-bond acceptors (Lipinski definition) is 1. The zero-order valence-corrected chi connectivity index (χ0v) is 22.2. The van der Waals surface area contributed by atoms with Crippen molar-refractivity contribution in [2.75, 3.05) is 4.90 Å². The third kappa shape index (κ3) is 4.21. The average molecular weight is 502 g/mol. The SMILES string of the molecule is C=C1/C(=C\c2ccc(N(C3=CCCC=C3)c3ccc4ccccc4c3)cc2)C(=C)c2cc3c(cc21)C=CCC3. The summed E-state index contributed by atoms with van der Waals surface area (Å²) in [5.41, 5.74) is 13.1. The van der Waals surface area contributed by atoms with Gasteiger partial charge in [-0.2, -0.15) is 0 Å². The van der Waals surface area contributed by atoms with Gasteiger partial charge in [0.25, 0.3) is 0 Å². The van der Waals surface area contributed by atoms with E-state index in [9.17, 15) is 0 Å². The number of anilines is 2. The number of hydrogen-bond donors (Lipinski definition) is 0. The van der Waals surface area contributed by atoms with Gasteiger partial charge in [0.15, 0.2) is 0 Å². The molecular formula is C38H31N. The zero-order chi connectivity index (χ0) is 26.3. The van der Waals surface area contributed by atoms with E-state index in [0.29, 0.717) is 0 Å². The lowest BCUT2D eigenvalue weighted by Crippen LogP contribution is -2.16. The number of nitrogens with zero attached hydrogens (tertiary/aromatic N) is 1. The normalized spacial score (nSPS) is 16.9. The van der Waals surface area contributed by atoms with Crippen molar-refractivity contribution in [3.63, 3.8) is 0 Å². The molecule has 0 bridgehead atoms. The third-order valence-electron chi connectivity index (χ3n) is 8.14. The van der Waals surface area contributed by atoms with E-state index >= 15 is 0 Å². The first-order valence-corrected chi connectivity index (χ1v) is 13.9. The molecule has 0 saturated heterocycles. The Morgan fingerprint density at radius 2 is 1.41 bits per heavy atom. The first-order chi connectivity index (χ1) is 19.2. The maximum absolute atomic E-state index is 4.47. The molecule has 0 heterocycles. The topological polar surface area (TPSA) is 3.24 Å². The van der Waals surface area contributed by atoms with E-state index in [1.54, 1.807) is 0 Å². The Kier molecular flexibility index (Phi) is 5.78. The lowest BCUT2D eigenvalue weighted by Gasteiger charge is -2.28. The molecule has 7 rings (SSSR count). The van der Waals surface area contributed by atoms with Crippen LogP contribution < -0.4 is 4.90 Å². The Morgan fingerprint density at radius 3 is 2.21 bits per heavy atom. The molecule has 0 saturated carbocycles. The Hall–Kier alpha value is -4.62. The van der Waals surface area contributed by atoms with Crippen LogP contribution in [0.3, 0.4) is 0 Å². The monoisotopic (exact) mass is 501 g/mol. The van der Waals surface area contributed by atoms with Gasteiger partial charge in [-0.15, -0.1) is 0 Å². The van der Waals surface area contributed by atoms with Gasteiger partial charge in [0.05, 0.1) is 0 Å². The van der Waals surface area contributed by atoms with Gasteiger partial charge in [-0.25, -0.2) is 0 Å². The van der Waals surface area contributed by atoms with Crippen molar-refractivity contribution in [1.82, 2.24) is 0 Å². The van der Waals surface area contributed by atoms with Crippen molar-refractivity contribution in [3.05, 3.63) is 155 Å². The maximum atomic E-state index is 4.47. The number of allylic oxidation sites excluding steroid dienone is 7. The third-order valence-corrected chi connectivity index (χ3v) is 8.14. The second kappa shape index (κ2) is 9.60. The molecular weight excluding hydrogens is 470 g/mol. The average Bonchev–Trinajstić information content (AvgIpc) is 3.21. The van der Waals surface area contributed by atoms with Crippen LogP contribution in [0.15, 0.2) is 128 Å². The number of rotatable bonds is 4. The van der Waals surface area contributed by atoms with Gasteiger partial charge >= 0.3 is 0 Å². The second-order valence-electron chi connectivity index (χ2n) is 10.6. The van der Waals surface area contributed by atoms with Crippen molar-refractivity contribution in [1.29, 1.82) is 0 Å². The molecule has 3 aliphatic carbocycles. The molecule has 4 aromatic rings. The Morgan fingerprint density at radius 1 is 0.667 bits per heavy atom. The molecule has 0 aromatic heterocycles. The minimum absolute atomic E-state index is 1.06. The lowest BCUT2D eigenvalue weighted by molar-refractivity contribution is 0.984. The Labute approximate surface area is 231 Å². The van der Waals surface area contributed by atoms with Crippen LogP contribution in [0.1, 0.15) is 47.1 Å². The van der Waals surface area contributed by atoms with Crippen LogP contribution in [0.25, 0.3) is 34.1 Å². The van der Waals surface area contributed by atoms with Crippen LogP contribution in [0.4, 0.5) is 11.4 Å². The standard InChI is InChI=1S/C38H31N/c1-26-36(27(2)38-25-32-13-9-8-12-31(32)24-37(26)38)22-28-16-19-34(20-17-28)39(33-14-4-3-5-15-33)35-21-18-29-10-6-7-11-30(29)23-35/h4,6-8,10-12,14-25H,1-3,5,9,13H2/b36-22+. The quantitative estimate of drug-likeness (QED) is 0.269. The molecule has 188 valence electrons. The smallest absolute Gasteiger partial charge is 0.0467 e. The largest absolute Gasteiger partial charge is 0.311 e. The summed E-state index contributed by atoms with van der Waals surface area (Å²) < 4.78 is 0. The van der Waals surface area contributed by atoms with E-state index in [-0.39, 0.29) is 0 Å². The minimum Gasteiger partial charge on any atom is -0.311 e. The molecule has 0 unspecified atom stereocenters. The molecule has 0 radical (unpaired) electrons.